The fourth-order valence-corrected chi connectivity index (χ4v) is 1.26. The van der Waals surface area contributed by atoms with Crippen LogP contribution in [0.3, 0.4) is 0 Å². The summed E-state index contributed by atoms with van der Waals surface area (Å²) in [6, 6.07) is 0. The lowest BCUT2D eigenvalue weighted by Gasteiger charge is -2.06. The number of carbonyl (C=O) groups is 1. The Morgan fingerprint density at radius 2 is 2.53 bits per heavy atom. The zero-order valence-electron chi connectivity index (χ0n) is 8.86. The van der Waals surface area contributed by atoms with Gasteiger partial charge in [-0.25, -0.2) is 0 Å². The van der Waals surface area contributed by atoms with Crippen LogP contribution in [0, 0.1) is 0 Å². The first-order chi connectivity index (χ1) is 7.20. The average molecular weight is 208 g/mol. The van der Waals surface area contributed by atoms with Gasteiger partial charge in [0.25, 0.3) is 5.91 Å². The molecule has 0 radical (unpaired) electrons. The Morgan fingerprint density at radius 3 is 3.13 bits per heavy atom. The molecule has 0 unspecified atom stereocenters. The normalized spacial score (nSPS) is 9.93. The van der Waals surface area contributed by atoms with Gasteiger partial charge >= 0.3 is 0 Å². The molecule has 1 rings (SSSR count). The van der Waals surface area contributed by atoms with Crippen LogP contribution < -0.4 is 11.1 Å². The number of aromatic nitrogens is 2. The average Bonchev–Trinajstić information content (AvgIpc) is 2.59. The standard InChI is InChI=1S/C10H16N4O/c1-3-5-6-12-10(15)9-8(11)7-13-14(9)4-2/h3,7H,1,4-6,11H2,2H3,(H,12,15). The number of hydrogen-bond donors (Lipinski definition) is 2. The highest BCUT2D eigenvalue weighted by atomic mass is 16.2. The Labute approximate surface area is 89.0 Å². The summed E-state index contributed by atoms with van der Waals surface area (Å²) in [7, 11) is 0. The maximum atomic E-state index is 11.7. The predicted octanol–water partition coefficient (Wildman–Crippen LogP) is 0.791. The molecule has 0 bridgehead atoms. The number of rotatable bonds is 5. The number of nitrogens with zero attached hydrogens (tertiary/aromatic N) is 2. The molecule has 0 spiro atoms. The van der Waals surface area contributed by atoms with Gasteiger partial charge < -0.3 is 11.1 Å². The third-order valence-corrected chi connectivity index (χ3v) is 2.02. The molecule has 0 aliphatic carbocycles. The van der Waals surface area contributed by atoms with Crippen LogP contribution in [-0.2, 0) is 6.54 Å². The molecule has 1 heterocycles. The van der Waals surface area contributed by atoms with Crippen LogP contribution in [0.15, 0.2) is 18.9 Å². The highest BCUT2D eigenvalue weighted by molar-refractivity contribution is 5.97. The third kappa shape index (κ3) is 2.59. The van der Waals surface area contributed by atoms with E-state index in [2.05, 4.69) is 17.0 Å². The molecule has 0 saturated heterocycles. The van der Waals surface area contributed by atoms with E-state index in [0.717, 1.165) is 6.42 Å². The number of anilines is 1. The van der Waals surface area contributed by atoms with Crippen molar-refractivity contribution >= 4 is 11.6 Å². The number of nitrogens with two attached hydrogens (primary N) is 1. The van der Waals surface area contributed by atoms with E-state index < -0.39 is 0 Å². The fourth-order valence-electron chi connectivity index (χ4n) is 1.26. The molecule has 0 fully saturated rings. The second-order valence-corrected chi connectivity index (χ2v) is 3.10. The van der Waals surface area contributed by atoms with Crippen molar-refractivity contribution in [3.05, 3.63) is 24.5 Å². The van der Waals surface area contributed by atoms with E-state index in [1.807, 2.05) is 6.92 Å². The minimum Gasteiger partial charge on any atom is -0.396 e. The number of nitrogens with one attached hydrogen (secondary N) is 1. The van der Waals surface area contributed by atoms with Gasteiger partial charge in [-0.3, -0.25) is 9.48 Å². The Bertz CT molecular complexity index is 356. The van der Waals surface area contributed by atoms with Gasteiger partial charge in [0, 0.05) is 13.1 Å². The molecule has 1 aromatic heterocycles. The maximum absolute atomic E-state index is 11.7. The number of amides is 1. The largest absolute Gasteiger partial charge is 0.396 e. The van der Waals surface area contributed by atoms with E-state index in [4.69, 9.17) is 5.73 Å². The molecule has 0 saturated carbocycles. The van der Waals surface area contributed by atoms with E-state index in [-0.39, 0.29) is 5.91 Å². The predicted molar refractivity (Wildman–Crippen MR) is 59.5 cm³/mol. The molecular weight excluding hydrogens is 192 g/mol. The van der Waals surface area contributed by atoms with Gasteiger partial charge in [0.2, 0.25) is 0 Å². The van der Waals surface area contributed by atoms with Crippen molar-refractivity contribution in [3.63, 3.8) is 0 Å². The second kappa shape index (κ2) is 5.19. The minimum atomic E-state index is -0.186. The Hall–Kier alpha value is -1.78. The van der Waals surface area contributed by atoms with Crippen LogP contribution in [0.25, 0.3) is 0 Å². The van der Waals surface area contributed by atoms with Gasteiger partial charge in [0.1, 0.15) is 5.69 Å². The highest BCUT2D eigenvalue weighted by Crippen LogP contribution is 2.10. The molecule has 0 atom stereocenters. The number of nitrogen functional groups attached to an aromatic ring is 1. The zero-order chi connectivity index (χ0) is 11.3. The van der Waals surface area contributed by atoms with Crippen LogP contribution in [-0.4, -0.2) is 22.2 Å². The van der Waals surface area contributed by atoms with Crippen LogP contribution in [0.5, 0.6) is 0 Å². The van der Waals surface area contributed by atoms with Crippen molar-refractivity contribution in [1.82, 2.24) is 15.1 Å². The molecule has 5 nitrogen and oxygen atoms in total. The summed E-state index contributed by atoms with van der Waals surface area (Å²) < 4.78 is 1.58. The minimum absolute atomic E-state index is 0.186. The lowest BCUT2D eigenvalue weighted by Crippen LogP contribution is -2.27. The monoisotopic (exact) mass is 208 g/mol. The lowest BCUT2D eigenvalue weighted by atomic mass is 10.3. The van der Waals surface area contributed by atoms with Crippen molar-refractivity contribution in [1.29, 1.82) is 0 Å². The second-order valence-electron chi connectivity index (χ2n) is 3.10. The van der Waals surface area contributed by atoms with Crippen LogP contribution in [0.2, 0.25) is 0 Å². The quantitative estimate of drug-likeness (QED) is 0.555. The Kier molecular flexibility index (Phi) is 3.91. The van der Waals surface area contributed by atoms with Gasteiger partial charge in [-0.15, -0.1) is 6.58 Å². The topological polar surface area (TPSA) is 72.9 Å². The van der Waals surface area contributed by atoms with Gasteiger partial charge in [-0.05, 0) is 13.3 Å². The van der Waals surface area contributed by atoms with E-state index in [1.54, 1.807) is 10.8 Å². The molecule has 0 aliphatic heterocycles. The molecule has 15 heavy (non-hydrogen) atoms. The fraction of sp³-hybridized carbons (Fsp3) is 0.400. The summed E-state index contributed by atoms with van der Waals surface area (Å²) in [4.78, 5) is 11.7. The number of aryl methyl sites for hydroxylation is 1. The summed E-state index contributed by atoms with van der Waals surface area (Å²) in [5.74, 6) is -0.186. The molecule has 0 aromatic carbocycles. The zero-order valence-corrected chi connectivity index (χ0v) is 8.86. The van der Waals surface area contributed by atoms with Gasteiger partial charge in [0.15, 0.2) is 0 Å². The molecular formula is C10H16N4O. The summed E-state index contributed by atoms with van der Waals surface area (Å²) in [5, 5.41) is 6.74. The van der Waals surface area contributed by atoms with Crippen molar-refractivity contribution < 1.29 is 4.79 Å². The lowest BCUT2D eigenvalue weighted by molar-refractivity contribution is 0.0944. The van der Waals surface area contributed by atoms with Crippen molar-refractivity contribution in [2.45, 2.75) is 19.9 Å². The van der Waals surface area contributed by atoms with Gasteiger partial charge in [-0.1, -0.05) is 6.08 Å². The highest BCUT2D eigenvalue weighted by Gasteiger charge is 2.14. The van der Waals surface area contributed by atoms with Gasteiger partial charge in [-0.2, -0.15) is 5.10 Å². The van der Waals surface area contributed by atoms with E-state index in [9.17, 15) is 4.79 Å². The Morgan fingerprint density at radius 1 is 1.80 bits per heavy atom. The molecule has 5 heteroatoms. The van der Waals surface area contributed by atoms with Crippen LogP contribution in [0.1, 0.15) is 23.8 Å². The maximum Gasteiger partial charge on any atom is 0.271 e. The number of hydrogen-bond acceptors (Lipinski definition) is 3. The molecule has 82 valence electrons. The summed E-state index contributed by atoms with van der Waals surface area (Å²) in [6.07, 6.45) is 3.98. The van der Waals surface area contributed by atoms with E-state index in [0.29, 0.717) is 24.5 Å². The first-order valence-electron chi connectivity index (χ1n) is 4.91. The summed E-state index contributed by atoms with van der Waals surface area (Å²) in [5.41, 5.74) is 6.50. The SMILES string of the molecule is C=CCCNC(=O)c1c(N)cnn1CC. The van der Waals surface area contributed by atoms with Crippen LogP contribution >= 0.6 is 0 Å². The summed E-state index contributed by atoms with van der Waals surface area (Å²) >= 11 is 0. The van der Waals surface area contributed by atoms with Gasteiger partial charge in [0.05, 0.1) is 11.9 Å². The molecule has 1 aromatic rings. The first kappa shape index (κ1) is 11.3. The van der Waals surface area contributed by atoms with Crippen molar-refractivity contribution in [3.8, 4) is 0 Å². The van der Waals surface area contributed by atoms with Crippen molar-refractivity contribution in [2.24, 2.45) is 0 Å². The van der Waals surface area contributed by atoms with E-state index in [1.165, 1.54) is 6.20 Å². The van der Waals surface area contributed by atoms with Crippen LogP contribution in [0.4, 0.5) is 5.69 Å². The third-order valence-electron chi connectivity index (χ3n) is 2.02. The Balaban J connectivity index is 2.71. The molecule has 0 aliphatic rings. The summed E-state index contributed by atoms with van der Waals surface area (Å²) in [6.45, 7) is 6.68. The van der Waals surface area contributed by atoms with E-state index >= 15 is 0 Å². The first-order valence-corrected chi connectivity index (χ1v) is 4.91. The van der Waals surface area contributed by atoms with Crippen molar-refractivity contribution in [2.75, 3.05) is 12.3 Å². The number of carbonyl (C=O) groups excluding carboxylic acids is 1. The smallest absolute Gasteiger partial charge is 0.271 e. The molecule has 3 N–H and O–H groups in total. The molecule has 1 amide bonds.